The van der Waals surface area contributed by atoms with Crippen LogP contribution in [0.1, 0.15) is 0 Å². The van der Waals surface area contributed by atoms with E-state index in [0.717, 1.165) is 0 Å². The molecule has 0 unspecified atom stereocenters. The van der Waals surface area contributed by atoms with E-state index >= 15 is 0 Å². The molecule has 0 radical (unpaired) electrons. The van der Waals surface area contributed by atoms with E-state index in [9.17, 15) is 17.2 Å². The summed E-state index contributed by atoms with van der Waals surface area (Å²) >= 11 is 0. The lowest BCUT2D eigenvalue weighted by molar-refractivity contribution is -0.0289. The molecule has 0 bridgehead atoms. The van der Waals surface area contributed by atoms with E-state index in [1.54, 1.807) is 0 Å². The van der Waals surface area contributed by atoms with Crippen LogP contribution < -0.4 is 0 Å². The van der Waals surface area contributed by atoms with E-state index < -0.39 is 28.1 Å². The van der Waals surface area contributed by atoms with Gasteiger partial charge in [-0.05, 0) is 0 Å². The molecule has 0 saturated carbocycles. The van der Waals surface area contributed by atoms with Crippen molar-refractivity contribution in [3.8, 4) is 0 Å². The van der Waals surface area contributed by atoms with Crippen LogP contribution in [-0.2, 0) is 9.84 Å². The van der Waals surface area contributed by atoms with Crippen molar-refractivity contribution in [3.05, 3.63) is 0 Å². The van der Waals surface area contributed by atoms with Gasteiger partial charge < -0.3 is 5.11 Å². The van der Waals surface area contributed by atoms with Crippen molar-refractivity contribution in [3.63, 3.8) is 0 Å². The predicted molar refractivity (Wildman–Crippen MR) is 31.7 cm³/mol. The van der Waals surface area contributed by atoms with E-state index in [1.807, 2.05) is 0 Å². The Bertz CT molecular complexity index is 197. The number of halogens is 2. The minimum Gasteiger partial charge on any atom is -0.390 e. The first-order valence-electron chi connectivity index (χ1n) is 2.43. The van der Waals surface area contributed by atoms with Gasteiger partial charge in [-0.25, -0.2) is 17.2 Å². The van der Waals surface area contributed by atoms with Crippen molar-refractivity contribution >= 4 is 9.84 Å². The second-order valence-corrected chi connectivity index (χ2v) is 4.22. The Hall–Kier alpha value is -0.230. The van der Waals surface area contributed by atoms with Gasteiger partial charge in [0, 0.05) is 6.26 Å². The number of hydrogen-bond donors (Lipinski definition) is 1. The van der Waals surface area contributed by atoms with E-state index in [-0.39, 0.29) is 0 Å². The molecule has 0 amide bonds. The van der Waals surface area contributed by atoms with Crippen LogP contribution in [0.25, 0.3) is 0 Å². The summed E-state index contributed by atoms with van der Waals surface area (Å²) in [6.45, 7) is -1.43. The van der Waals surface area contributed by atoms with Crippen molar-refractivity contribution in [2.24, 2.45) is 0 Å². The quantitative estimate of drug-likeness (QED) is 0.636. The third kappa shape index (κ3) is 4.63. The van der Waals surface area contributed by atoms with Gasteiger partial charge in [-0.15, -0.1) is 0 Å². The monoisotopic (exact) mass is 174 g/mol. The first-order valence-corrected chi connectivity index (χ1v) is 4.49. The Labute approximate surface area is 57.6 Å². The molecule has 0 aliphatic heterocycles. The molecule has 0 rings (SSSR count). The summed E-state index contributed by atoms with van der Waals surface area (Å²) in [6, 6.07) is 0. The smallest absolute Gasteiger partial charge is 0.284 e. The molecule has 10 heavy (non-hydrogen) atoms. The lowest BCUT2D eigenvalue weighted by atomic mass is 10.4. The molecule has 0 aliphatic rings. The fraction of sp³-hybridized carbons (Fsp3) is 1.00. The first-order chi connectivity index (χ1) is 4.27. The number of sulfone groups is 1. The molecule has 62 valence electrons. The Morgan fingerprint density at radius 3 is 2.00 bits per heavy atom. The Kier molecular flexibility index (Phi) is 2.73. The van der Waals surface area contributed by atoms with Crippen LogP contribution >= 0.6 is 0 Å². The van der Waals surface area contributed by atoms with Crippen LogP contribution in [0.5, 0.6) is 0 Å². The molecule has 6 heteroatoms. The largest absolute Gasteiger partial charge is 0.390 e. The summed E-state index contributed by atoms with van der Waals surface area (Å²) in [5.41, 5.74) is 0. The summed E-state index contributed by atoms with van der Waals surface area (Å²) < 4.78 is 44.5. The van der Waals surface area contributed by atoms with Crippen molar-refractivity contribution in [2.45, 2.75) is 5.92 Å². The maximum Gasteiger partial charge on any atom is 0.284 e. The molecule has 0 heterocycles. The highest BCUT2D eigenvalue weighted by atomic mass is 32.2. The average Bonchev–Trinajstić information content (AvgIpc) is 1.60. The molecule has 0 aromatic heterocycles. The van der Waals surface area contributed by atoms with Crippen LogP contribution in [-0.4, -0.2) is 38.1 Å². The lowest BCUT2D eigenvalue weighted by Crippen LogP contribution is -2.30. The maximum atomic E-state index is 12.0. The summed E-state index contributed by atoms with van der Waals surface area (Å²) in [6.07, 6.45) is 0.691. The highest BCUT2D eigenvalue weighted by Gasteiger charge is 2.32. The van der Waals surface area contributed by atoms with Gasteiger partial charge in [0.25, 0.3) is 5.92 Å². The highest BCUT2D eigenvalue weighted by Crippen LogP contribution is 2.13. The normalized spacial score (nSPS) is 13.6. The number of aliphatic hydroxyl groups is 1. The Balaban J connectivity index is 4.16. The molecule has 3 nitrogen and oxygen atoms in total. The minimum atomic E-state index is -3.70. The van der Waals surface area contributed by atoms with Gasteiger partial charge >= 0.3 is 0 Å². The van der Waals surface area contributed by atoms with Crippen LogP contribution in [0.15, 0.2) is 0 Å². The topological polar surface area (TPSA) is 54.4 Å². The molecular weight excluding hydrogens is 166 g/mol. The molecule has 0 aromatic carbocycles. The van der Waals surface area contributed by atoms with Crippen LogP contribution in [0.4, 0.5) is 8.78 Å². The van der Waals surface area contributed by atoms with Gasteiger partial charge in [0.05, 0.1) is 0 Å². The number of alkyl halides is 2. The Morgan fingerprint density at radius 2 is 1.90 bits per heavy atom. The Morgan fingerprint density at radius 1 is 1.50 bits per heavy atom. The molecule has 0 saturated heterocycles. The SMILES string of the molecule is CS(=O)(=O)CC(F)(F)CO. The fourth-order valence-electron chi connectivity index (χ4n) is 0.429. The van der Waals surface area contributed by atoms with Gasteiger partial charge in [-0.1, -0.05) is 0 Å². The third-order valence-corrected chi connectivity index (χ3v) is 1.65. The van der Waals surface area contributed by atoms with Crippen LogP contribution in [0.2, 0.25) is 0 Å². The molecule has 0 atom stereocenters. The lowest BCUT2D eigenvalue weighted by Gasteiger charge is -2.10. The first kappa shape index (κ1) is 9.77. The standard InChI is InChI=1S/C4H8F2O3S/c1-10(8,9)3-4(5,6)2-7/h7H,2-3H2,1H3. The summed E-state index contributed by atoms with van der Waals surface area (Å²) in [4.78, 5) is 0. The summed E-state index contributed by atoms with van der Waals surface area (Å²) in [5.74, 6) is -4.80. The summed E-state index contributed by atoms with van der Waals surface area (Å²) in [5, 5.41) is 7.94. The van der Waals surface area contributed by atoms with Crippen molar-refractivity contribution < 1.29 is 22.3 Å². The number of aliphatic hydroxyl groups excluding tert-OH is 1. The molecule has 1 N–H and O–H groups in total. The van der Waals surface area contributed by atoms with Gasteiger partial charge in [-0.2, -0.15) is 0 Å². The number of rotatable bonds is 3. The van der Waals surface area contributed by atoms with E-state index in [1.165, 1.54) is 0 Å². The zero-order valence-electron chi connectivity index (χ0n) is 5.34. The van der Waals surface area contributed by atoms with Crippen LogP contribution in [0, 0.1) is 0 Å². The zero-order valence-corrected chi connectivity index (χ0v) is 6.16. The zero-order chi connectivity index (χ0) is 8.41. The van der Waals surface area contributed by atoms with E-state index in [4.69, 9.17) is 5.11 Å². The van der Waals surface area contributed by atoms with Gasteiger partial charge in [0.2, 0.25) is 0 Å². The van der Waals surface area contributed by atoms with Gasteiger partial charge in [0.1, 0.15) is 12.4 Å². The third-order valence-electron chi connectivity index (χ3n) is 0.705. The summed E-state index contributed by atoms with van der Waals surface area (Å²) in [7, 11) is -3.70. The average molecular weight is 174 g/mol. The molecule has 0 fully saturated rings. The fourth-order valence-corrected chi connectivity index (χ4v) is 1.29. The van der Waals surface area contributed by atoms with Gasteiger partial charge in [0.15, 0.2) is 9.84 Å². The van der Waals surface area contributed by atoms with E-state index in [0.29, 0.717) is 6.26 Å². The second kappa shape index (κ2) is 2.79. The predicted octanol–water partition coefficient (Wildman–Crippen LogP) is -0.341. The molecule has 0 spiro atoms. The molecule has 0 aliphatic carbocycles. The van der Waals surface area contributed by atoms with Gasteiger partial charge in [-0.3, -0.25) is 0 Å². The minimum absolute atomic E-state index is 0.691. The van der Waals surface area contributed by atoms with Crippen LogP contribution in [0.3, 0.4) is 0 Å². The second-order valence-electron chi connectivity index (χ2n) is 2.08. The molecule has 0 aromatic rings. The van der Waals surface area contributed by atoms with Crippen molar-refractivity contribution in [1.29, 1.82) is 0 Å². The van der Waals surface area contributed by atoms with Crippen molar-refractivity contribution in [2.75, 3.05) is 18.6 Å². The van der Waals surface area contributed by atoms with Crippen molar-refractivity contribution in [1.82, 2.24) is 0 Å². The highest BCUT2D eigenvalue weighted by molar-refractivity contribution is 7.90. The maximum absolute atomic E-state index is 12.0. The molecular formula is C4H8F2O3S. The number of hydrogen-bond acceptors (Lipinski definition) is 3. The van der Waals surface area contributed by atoms with E-state index in [2.05, 4.69) is 0 Å².